The van der Waals surface area contributed by atoms with Crippen molar-refractivity contribution in [3.8, 4) is 5.75 Å². The van der Waals surface area contributed by atoms with E-state index in [4.69, 9.17) is 25.8 Å². The van der Waals surface area contributed by atoms with Gasteiger partial charge in [0, 0.05) is 37.4 Å². The fourth-order valence-electron chi connectivity index (χ4n) is 4.30. The van der Waals surface area contributed by atoms with Crippen molar-refractivity contribution in [3.63, 3.8) is 0 Å². The van der Waals surface area contributed by atoms with E-state index < -0.39 is 5.60 Å². The van der Waals surface area contributed by atoms with E-state index in [-0.39, 0.29) is 31.4 Å². The van der Waals surface area contributed by atoms with Crippen molar-refractivity contribution in [2.75, 3.05) is 52.6 Å². The van der Waals surface area contributed by atoms with E-state index in [1.54, 1.807) is 51.0 Å². The summed E-state index contributed by atoms with van der Waals surface area (Å²) in [5.41, 5.74) is -0.450. The Morgan fingerprint density at radius 1 is 1.15 bits per heavy atom. The smallest absolute Gasteiger partial charge is 0.272 e. The predicted molar refractivity (Wildman–Crippen MR) is 126 cm³/mol. The van der Waals surface area contributed by atoms with Crippen LogP contribution < -0.4 is 4.74 Å². The number of hydrogen-bond acceptors (Lipinski definition) is 6. The van der Waals surface area contributed by atoms with Crippen LogP contribution in [0.1, 0.15) is 30.3 Å². The third-order valence-corrected chi connectivity index (χ3v) is 6.28. The second-order valence-electron chi connectivity index (χ2n) is 8.61. The highest BCUT2D eigenvalue weighted by Gasteiger charge is 2.43. The van der Waals surface area contributed by atoms with Gasteiger partial charge in [0.05, 0.1) is 32.8 Å². The summed E-state index contributed by atoms with van der Waals surface area (Å²) in [4.78, 5) is 30.1. The Hall–Kier alpha value is -2.62. The molecule has 0 aliphatic carbocycles. The first-order chi connectivity index (χ1) is 16.5. The standard InChI is InChI=1S/C24H31ClN4O5/c1-2-8-29-21(6-7-26-29)23(31)28-11-14-34-24(17-28,16-22(30)27-9-12-32-13-10-27)18-33-20-5-3-4-19(25)15-20/h3-7,15H,2,8-14,16-18H2,1H3. The van der Waals surface area contributed by atoms with Crippen LogP contribution in [-0.4, -0.2) is 89.6 Å². The highest BCUT2D eigenvalue weighted by Crippen LogP contribution is 2.27. The van der Waals surface area contributed by atoms with Crippen molar-refractivity contribution in [1.82, 2.24) is 19.6 Å². The molecule has 2 aliphatic rings. The zero-order chi connectivity index (χ0) is 24.0. The average Bonchev–Trinajstić information content (AvgIpc) is 3.32. The van der Waals surface area contributed by atoms with Crippen LogP contribution in [0.25, 0.3) is 0 Å². The number of hydrogen-bond donors (Lipinski definition) is 0. The van der Waals surface area contributed by atoms with E-state index in [2.05, 4.69) is 5.10 Å². The molecule has 10 heteroatoms. The van der Waals surface area contributed by atoms with Gasteiger partial charge in [-0.25, -0.2) is 0 Å². The summed E-state index contributed by atoms with van der Waals surface area (Å²) in [6, 6.07) is 8.82. The van der Waals surface area contributed by atoms with Gasteiger partial charge in [0.25, 0.3) is 5.91 Å². The molecule has 2 fully saturated rings. The van der Waals surface area contributed by atoms with E-state index >= 15 is 0 Å². The zero-order valence-corrected chi connectivity index (χ0v) is 20.2. The molecule has 2 aromatic rings. The van der Waals surface area contributed by atoms with Gasteiger partial charge in [0.15, 0.2) is 0 Å². The number of rotatable bonds is 8. The second-order valence-corrected chi connectivity index (χ2v) is 9.05. The van der Waals surface area contributed by atoms with Crippen molar-refractivity contribution in [1.29, 1.82) is 0 Å². The van der Waals surface area contributed by atoms with Crippen LogP contribution in [0.15, 0.2) is 36.5 Å². The molecule has 1 atom stereocenters. The molecular weight excluding hydrogens is 460 g/mol. The maximum atomic E-state index is 13.4. The summed E-state index contributed by atoms with van der Waals surface area (Å²) < 4.78 is 19.3. The Kier molecular flexibility index (Phi) is 8.07. The molecule has 1 unspecified atom stereocenters. The maximum Gasteiger partial charge on any atom is 0.272 e. The van der Waals surface area contributed by atoms with Crippen LogP contribution in [0.5, 0.6) is 5.75 Å². The van der Waals surface area contributed by atoms with Crippen molar-refractivity contribution < 1.29 is 23.8 Å². The molecule has 0 bridgehead atoms. The highest BCUT2D eigenvalue weighted by molar-refractivity contribution is 6.30. The molecule has 0 radical (unpaired) electrons. The molecule has 4 rings (SSSR count). The number of nitrogens with zero attached hydrogens (tertiary/aromatic N) is 4. The number of morpholine rings is 2. The number of aryl methyl sites for hydroxylation is 1. The Balaban J connectivity index is 1.53. The molecule has 2 aliphatic heterocycles. The second kappa shape index (κ2) is 11.2. The third-order valence-electron chi connectivity index (χ3n) is 6.04. The first-order valence-electron chi connectivity index (χ1n) is 11.7. The molecule has 34 heavy (non-hydrogen) atoms. The van der Waals surface area contributed by atoms with Crippen LogP contribution >= 0.6 is 11.6 Å². The van der Waals surface area contributed by atoms with E-state index in [1.807, 2.05) is 6.92 Å². The quantitative estimate of drug-likeness (QED) is 0.565. The van der Waals surface area contributed by atoms with Gasteiger partial charge in [-0.05, 0) is 30.7 Å². The molecule has 0 N–H and O–H groups in total. The van der Waals surface area contributed by atoms with Gasteiger partial charge >= 0.3 is 0 Å². The molecule has 0 saturated carbocycles. The normalized spacial score (nSPS) is 20.9. The average molecular weight is 491 g/mol. The number of carbonyl (C=O) groups is 2. The highest BCUT2D eigenvalue weighted by atomic mass is 35.5. The zero-order valence-electron chi connectivity index (χ0n) is 19.5. The minimum atomic E-state index is -0.985. The van der Waals surface area contributed by atoms with Gasteiger partial charge < -0.3 is 24.0 Å². The lowest BCUT2D eigenvalue weighted by Crippen LogP contribution is -2.59. The van der Waals surface area contributed by atoms with E-state index in [0.717, 1.165) is 6.42 Å². The van der Waals surface area contributed by atoms with Crippen LogP contribution in [0.4, 0.5) is 0 Å². The third kappa shape index (κ3) is 5.89. The number of aromatic nitrogens is 2. The summed E-state index contributed by atoms with van der Waals surface area (Å²) in [5, 5.41) is 4.84. The van der Waals surface area contributed by atoms with Gasteiger partial charge in [-0.15, -0.1) is 0 Å². The van der Waals surface area contributed by atoms with Crippen molar-refractivity contribution in [2.45, 2.75) is 31.9 Å². The minimum absolute atomic E-state index is 0.0386. The predicted octanol–water partition coefficient (Wildman–Crippen LogP) is 2.49. The molecule has 2 saturated heterocycles. The van der Waals surface area contributed by atoms with E-state index in [9.17, 15) is 9.59 Å². The number of carbonyl (C=O) groups excluding carboxylic acids is 2. The maximum absolute atomic E-state index is 13.4. The topological polar surface area (TPSA) is 86.1 Å². The fourth-order valence-corrected chi connectivity index (χ4v) is 4.48. The Morgan fingerprint density at radius 2 is 1.94 bits per heavy atom. The minimum Gasteiger partial charge on any atom is -0.490 e. The van der Waals surface area contributed by atoms with Gasteiger partial charge in [0.2, 0.25) is 5.91 Å². The Labute approximate surface area is 204 Å². The van der Waals surface area contributed by atoms with Gasteiger partial charge in [-0.2, -0.15) is 5.10 Å². The number of halogens is 1. The van der Waals surface area contributed by atoms with Gasteiger partial charge in [-0.3, -0.25) is 14.3 Å². The number of amides is 2. The van der Waals surface area contributed by atoms with Gasteiger partial charge in [0.1, 0.15) is 23.7 Å². The monoisotopic (exact) mass is 490 g/mol. The van der Waals surface area contributed by atoms with Crippen LogP contribution in [0.3, 0.4) is 0 Å². The van der Waals surface area contributed by atoms with Crippen molar-refractivity contribution in [2.24, 2.45) is 0 Å². The van der Waals surface area contributed by atoms with Crippen LogP contribution in [0, 0.1) is 0 Å². The van der Waals surface area contributed by atoms with E-state index in [0.29, 0.717) is 62.5 Å². The Bertz CT molecular complexity index is 993. The SMILES string of the molecule is CCCn1nccc1C(=O)N1CCOC(COc2cccc(Cl)c2)(CC(=O)N2CCOCC2)C1. The van der Waals surface area contributed by atoms with Crippen LogP contribution in [0.2, 0.25) is 5.02 Å². The van der Waals surface area contributed by atoms with Gasteiger partial charge in [-0.1, -0.05) is 24.6 Å². The Morgan fingerprint density at radius 3 is 2.71 bits per heavy atom. The lowest BCUT2D eigenvalue weighted by atomic mass is 9.96. The lowest BCUT2D eigenvalue weighted by molar-refractivity contribution is -0.155. The largest absolute Gasteiger partial charge is 0.490 e. The summed E-state index contributed by atoms with van der Waals surface area (Å²) in [6.07, 6.45) is 2.61. The summed E-state index contributed by atoms with van der Waals surface area (Å²) in [7, 11) is 0. The number of ether oxygens (including phenoxy) is 3. The van der Waals surface area contributed by atoms with Crippen molar-refractivity contribution in [3.05, 3.63) is 47.2 Å². The van der Waals surface area contributed by atoms with Crippen LogP contribution in [-0.2, 0) is 20.8 Å². The van der Waals surface area contributed by atoms with E-state index in [1.165, 1.54) is 0 Å². The summed E-state index contributed by atoms with van der Waals surface area (Å²) in [5.74, 6) is 0.419. The number of benzene rings is 1. The molecule has 0 spiro atoms. The summed E-state index contributed by atoms with van der Waals surface area (Å²) >= 11 is 6.10. The molecule has 184 valence electrons. The first-order valence-corrected chi connectivity index (χ1v) is 12.1. The molecule has 9 nitrogen and oxygen atoms in total. The molecule has 3 heterocycles. The molecule has 1 aromatic carbocycles. The first kappa shape index (κ1) is 24.5. The molecule has 1 aromatic heterocycles. The molecular formula is C24H31ClN4O5. The molecule has 2 amide bonds. The van der Waals surface area contributed by atoms with Crippen molar-refractivity contribution >= 4 is 23.4 Å². The fraction of sp³-hybridized carbons (Fsp3) is 0.542. The summed E-state index contributed by atoms with van der Waals surface area (Å²) in [6.45, 7) is 5.92. The lowest BCUT2D eigenvalue weighted by Gasteiger charge is -2.43.